The van der Waals surface area contributed by atoms with Crippen LogP contribution in [0.3, 0.4) is 0 Å². The molecule has 0 saturated heterocycles. The molecule has 8 heteroatoms. The third-order valence-corrected chi connectivity index (χ3v) is 4.99. The number of alkyl halides is 3. The molecular formula is C19H21F4NO2S. The second kappa shape index (κ2) is 9.43. The van der Waals surface area contributed by atoms with Crippen LogP contribution < -0.4 is 5.32 Å². The summed E-state index contributed by atoms with van der Waals surface area (Å²) in [6, 6.07) is 9.57. The molecule has 2 N–H and O–H groups in total. The number of rotatable bonds is 8. The summed E-state index contributed by atoms with van der Waals surface area (Å²) in [5.74, 6) is -1.59. The van der Waals surface area contributed by atoms with E-state index in [4.69, 9.17) is 4.74 Å². The Balaban J connectivity index is 2.16. The van der Waals surface area contributed by atoms with Gasteiger partial charge in [0.15, 0.2) is 6.29 Å². The normalized spacial score (nSPS) is 12.9. The first-order valence-corrected chi connectivity index (χ1v) is 9.31. The van der Waals surface area contributed by atoms with Crippen molar-refractivity contribution in [3.05, 3.63) is 58.9 Å². The summed E-state index contributed by atoms with van der Waals surface area (Å²) >= 11 is 0.622. The van der Waals surface area contributed by atoms with E-state index < -0.39 is 24.0 Å². The Labute approximate surface area is 159 Å². The van der Waals surface area contributed by atoms with Crippen molar-refractivity contribution in [2.75, 3.05) is 17.7 Å². The fraction of sp³-hybridized carbons (Fsp3) is 0.368. The number of anilines is 1. The van der Waals surface area contributed by atoms with Gasteiger partial charge in [-0.05, 0) is 37.1 Å². The van der Waals surface area contributed by atoms with Gasteiger partial charge in [0.1, 0.15) is 5.82 Å². The quantitative estimate of drug-likeness (QED) is 0.350. The van der Waals surface area contributed by atoms with E-state index in [9.17, 15) is 22.7 Å². The van der Waals surface area contributed by atoms with Crippen LogP contribution in [0.25, 0.3) is 0 Å². The van der Waals surface area contributed by atoms with E-state index in [0.717, 1.165) is 0 Å². The van der Waals surface area contributed by atoms with Crippen molar-refractivity contribution >= 4 is 17.4 Å². The summed E-state index contributed by atoms with van der Waals surface area (Å²) in [6.07, 6.45) is -5.40. The van der Waals surface area contributed by atoms with Crippen LogP contribution in [-0.4, -0.2) is 23.6 Å². The first kappa shape index (κ1) is 21.5. The molecule has 0 radical (unpaired) electrons. The molecule has 148 valence electrons. The zero-order valence-corrected chi connectivity index (χ0v) is 15.8. The zero-order valence-electron chi connectivity index (χ0n) is 14.9. The summed E-state index contributed by atoms with van der Waals surface area (Å²) in [6.45, 7) is 3.84. The lowest BCUT2D eigenvalue weighted by molar-refractivity contribution is -0.105. The molecule has 0 aromatic heterocycles. The third kappa shape index (κ3) is 6.41. The highest BCUT2D eigenvalue weighted by molar-refractivity contribution is 7.99. The smallest absolute Gasteiger partial charge is 0.379 e. The molecule has 0 fully saturated rings. The van der Waals surface area contributed by atoms with Crippen LogP contribution in [0.15, 0.2) is 41.3 Å². The minimum atomic E-state index is -4.30. The number of hydrogen-bond acceptors (Lipinski definition) is 4. The molecule has 27 heavy (non-hydrogen) atoms. The molecule has 0 aliphatic carbocycles. The molecule has 1 atom stereocenters. The molecule has 2 rings (SSSR count). The van der Waals surface area contributed by atoms with Crippen molar-refractivity contribution < 1.29 is 27.4 Å². The fourth-order valence-corrected chi connectivity index (χ4v) is 3.28. The average molecular weight is 403 g/mol. The SMILES string of the molecule is CCOC(O)c1ccccc1CNc1cc(SCC(F)(F)F)c(C)cc1F. The van der Waals surface area contributed by atoms with E-state index in [1.807, 2.05) is 0 Å². The minimum absolute atomic E-state index is 0.103. The third-order valence-electron chi connectivity index (χ3n) is 3.77. The number of halogens is 4. The van der Waals surface area contributed by atoms with Crippen LogP contribution in [-0.2, 0) is 11.3 Å². The number of nitrogens with one attached hydrogen (secondary N) is 1. The van der Waals surface area contributed by atoms with Crippen LogP contribution in [0.4, 0.5) is 23.2 Å². The van der Waals surface area contributed by atoms with Crippen molar-refractivity contribution in [2.45, 2.75) is 37.8 Å². The maximum absolute atomic E-state index is 14.2. The highest BCUT2D eigenvalue weighted by Gasteiger charge is 2.27. The number of hydrogen-bond donors (Lipinski definition) is 2. The highest BCUT2D eigenvalue weighted by atomic mass is 32.2. The Morgan fingerprint density at radius 1 is 1.22 bits per heavy atom. The van der Waals surface area contributed by atoms with E-state index in [1.54, 1.807) is 38.1 Å². The minimum Gasteiger partial charge on any atom is -0.379 e. The Hall–Kier alpha value is -1.77. The van der Waals surface area contributed by atoms with E-state index in [2.05, 4.69) is 5.32 Å². The Morgan fingerprint density at radius 2 is 1.93 bits per heavy atom. The molecule has 3 nitrogen and oxygen atoms in total. The van der Waals surface area contributed by atoms with Crippen molar-refractivity contribution in [1.82, 2.24) is 0 Å². The number of aryl methyl sites for hydroxylation is 1. The van der Waals surface area contributed by atoms with Crippen molar-refractivity contribution in [1.29, 1.82) is 0 Å². The van der Waals surface area contributed by atoms with Gasteiger partial charge in [-0.15, -0.1) is 11.8 Å². The Morgan fingerprint density at radius 3 is 2.59 bits per heavy atom. The highest BCUT2D eigenvalue weighted by Crippen LogP contribution is 2.32. The van der Waals surface area contributed by atoms with Gasteiger partial charge in [0.2, 0.25) is 0 Å². The average Bonchev–Trinajstić information content (AvgIpc) is 2.60. The van der Waals surface area contributed by atoms with Crippen LogP contribution in [0.2, 0.25) is 0 Å². The lowest BCUT2D eigenvalue weighted by Gasteiger charge is -2.17. The number of aliphatic hydroxyl groups is 1. The standard InChI is InChI=1S/C19H21F4NO2S/c1-3-26-18(25)14-7-5-4-6-13(14)10-24-16-9-17(12(2)8-15(16)20)27-11-19(21,22)23/h4-9,18,24-25H,3,10-11H2,1-2H3. The largest absolute Gasteiger partial charge is 0.398 e. The topological polar surface area (TPSA) is 41.5 Å². The van der Waals surface area contributed by atoms with Crippen LogP contribution in [0.5, 0.6) is 0 Å². The molecule has 0 aliphatic rings. The number of thioether (sulfide) groups is 1. The molecule has 2 aromatic rings. The number of benzene rings is 2. The summed E-state index contributed by atoms with van der Waals surface area (Å²) in [4.78, 5) is 0.360. The monoisotopic (exact) mass is 403 g/mol. The van der Waals surface area contributed by atoms with Crippen molar-refractivity contribution in [3.8, 4) is 0 Å². The molecule has 0 bridgehead atoms. The van der Waals surface area contributed by atoms with Gasteiger partial charge in [0, 0.05) is 23.6 Å². The molecule has 0 saturated carbocycles. The van der Waals surface area contributed by atoms with Gasteiger partial charge < -0.3 is 15.2 Å². The summed E-state index contributed by atoms with van der Waals surface area (Å²) < 4.78 is 56.8. The molecule has 1 unspecified atom stereocenters. The van der Waals surface area contributed by atoms with Crippen molar-refractivity contribution in [2.24, 2.45) is 0 Å². The maximum Gasteiger partial charge on any atom is 0.398 e. The molecule has 0 aliphatic heterocycles. The molecular weight excluding hydrogens is 382 g/mol. The summed E-state index contributed by atoms with van der Waals surface area (Å²) in [5.41, 5.74) is 1.79. The van der Waals surface area contributed by atoms with E-state index >= 15 is 0 Å². The second-order valence-electron chi connectivity index (χ2n) is 5.86. The lowest BCUT2D eigenvalue weighted by atomic mass is 10.1. The Kier molecular flexibility index (Phi) is 7.52. The lowest BCUT2D eigenvalue weighted by Crippen LogP contribution is -2.11. The van der Waals surface area contributed by atoms with Gasteiger partial charge in [-0.3, -0.25) is 0 Å². The van der Waals surface area contributed by atoms with Crippen LogP contribution >= 0.6 is 11.8 Å². The first-order chi connectivity index (χ1) is 12.7. The predicted molar refractivity (Wildman–Crippen MR) is 98.3 cm³/mol. The summed E-state index contributed by atoms with van der Waals surface area (Å²) in [5, 5.41) is 12.9. The fourth-order valence-electron chi connectivity index (χ4n) is 2.48. The second-order valence-corrected chi connectivity index (χ2v) is 6.88. The van der Waals surface area contributed by atoms with E-state index in [0.29, 0.717) is 40.0 Å². The molecule has 2 aromatic carbocycles. The van der Waals surface area contributed by atoms with Gasteiger partial charge in [-0.1, -0.05) is 24.3 Å². The zero-order chi connectivity index (χ0) is 20.0. The van der Waals surface area contributed by atoms with E-state index in [-0.39, 0.29) is 12.2 Å². The first-order valence-electron chi connectivity index (χ1n) is 8.32. The molecule has 0 heterocycles. The van der Waals surface area contributed by atoms with E-state index in [1.165, 1.54) is 12.1 Å². The molecule has 0 spiro atoms. The van der Waals surface area contributed by atoms with Gasteiger partial charge in [-0.2, -0.15) is 13.2 Å². The predicted octanol–water partition coefficient (Wildman–Crippen LogP) is 5.43. The number of ether oxygens (including phenoxy) is 1. The maximum atomic E-state index is 14.2. The Bertz CT molecular complexity index is 768. The van der Waals surface area contributed by atoms with Gasteiger partial charge in [0.25, 0.3) is 0 Å². The van der Waals surface area contributed by atoms with Crippen LogP contribution in [0.1, 0.15) is 29.9 Å². The van der Waals surface area contributed by atoms with Crippen LogP contribution in [0, 0.1) is 12.7 Å². The van der Waals surface area contributed by atoms with Gasteiger partial charge >= 0.3 is 6.18 Å². The van der Waals surface area contributed by atoms with Crippen molar-refractivity contribution in [3.63, 3.8) is 0 Å². The van der Waals surface area contributed by atoms with Gasteiger partial charge in [0.05, 0.1) is 11.4 Å². The van der Waals surface area contributed by atoms with Gasteiger partial charge in [-0.25, -0.2) is 4.39 Å². The molecule has 0 amide bonds. The summed E-state index contributed by atoms with van der Waals surface area (Å²) in [7, 11) is 0. The number of aliphatic hydroxyl groups excluding tert-OH is 1.